The number of carboxylic acid groups (broad SMARTS) is 1. The number of carbonyl (C=O) groups is 2. The number of aliphatic carboxylic acids is 1. The summed E-state index contributed by atoms with van der Waals surface area (Å²) in [5, 5.41) is 32.6. The molecule has 12 nitrogen and oxygen atoms in total. The Bertz CT molecular complexity index is 1940. The topological polar surface area (TPSA) is 154 Å². The monoisotopic (exact) mass is 680 g/mol. The summed E-state index contributed by atoms with van der Waals surface area (Å²) in [4.78, 5) is 27.3. The van der Waals surface area contributed by atoms with Gasteiger partial charge in [0.25, 0.3) is 0 Å². The second-order valence-corrected chi connectivity index (χ2v) is 13.8. The van der Waals surface area contributed by atoms with Crippen molar-refractivity contribution in [2.45, 2.75) is 90.7 Å². The maximum absolute atomic E-state index is 10.5. The Morgan fingerprint density at radius 3 is 2.14 bits per heavy atom. The Kier molecular flexibility index (Phi) is 10.2. The van der Waals surface area contributed by atoms with E-state index in [-0.39, 0.29) is 0 Å². The number of hydrogen-bond donors (Lipinski definition) is 2. The molecule has 0 aliphatic carbocycles. The van der Waals surface area contributed by atoms with Crippen molar-refractivity contribution in [2.24, 2.45) is 0 Å². The van der Waals surface area contributed by atoms with Crippen molar-refractivity contribution >= 4 is 12.1 Å². The van der Waals surface area contributed by atoms with E-state index in [2.05, 4.69) is 87.6 Å². The van der Waals surface area contributed by atoms with E-state index < -0.39 is 35.0 Å². The second-order valence-electron chi connectivity index (χ2n) is 13.8. The van der Waals surface area contributed by atoms with Crippen LogP contribution in [0.4, 0.5) is 4.79 Å². The highest BCUT2D eigenvalue weighted by Gasteiger charge is 2.48. The molecule has 0 radical (unpaired) electrons. The predicted molar refractivity (Wildman–Crippen MR) is 187 cm³/mol. The molecule has 1 unspecified atom stereocenters. The van der Waals surface area contributed by atoms with Crippen LogP contribution in [0.1, 0.15) is 77.5 Å². The molecule has 50 heavy (non-hydrogen) atoms. The van der Waals surface area contributed by atoms with Crippen LogP contribution in [0.3, 0.4) is 0 Å². The Morgan fingerprint density at radius 2 is 1.58 bits per heavy atom. The van der Waals surface area contributed by atoms with Crippen molar-refractivity contribution in [1.82, 2.24) is 29.8 Å². The predicted octanol–water partition coefficient (Wildman–Crippen LogP) is 6.60. The van der Waals surface area contributed by atoms with Gasteiger partial charge in [-0.15, -0.1) is 10.2 Å². The molecule has 0 saturated carbocycles. The maximum atomic E-state index is 10.5. The SMILES string of the molecule is CC1(C)OC(=O)OC1C(=O)O.CCCc1nc(C(C)(C)O)cn1Cc1ccc(-c2ccccc2-c2nnn(C(C)(C)c3ccccc3)n2)cc1. The van der Waals surface area contributed by atoms with E-state index in [0.29, 0.717) is 18.1 Å². The van der Waals surface area contributed by atoms with Gasteiger partial charge in [-0.25, -0.2) is 14.6 Å². The Balaban J connectivity index is 0.000000377. The minimum atomic E-state index is -1.20. The van der Waals surface area contributed by atoms with E-state index in [1.54, 1.807) is 18.6 Å². The fourth-order valence-corrected chi connectivity index (χ4v) is 5.62. The number of ether oxygens (including phenoxy) is 2. The van der Waals surface area contributed by atoms with Crippen molar-refractivity contribution < 1.29 is 29.3 Å². The summed E-state index contributed by atoms with van der Waals surface area (Å²) in [6.07, 6.45) is 1.72. The van der Waals surface area contributed by atoms with Crippen molar-refractivity contribution in [3.8, 4) is 22.5 Å². The van der Waals surface area contributed by atoms with E-state index in [1.807, 2.05) is 42.6 Å². The average Bonchev–Trinajstić information content (AvgIpc) is 3.80. The lowest BCUT2D eigenvalue weighted by Crippen LogP contribution is -2.39. The molecule has 2 N–H and O–H groups in total. The zero-order valence-electron chi connectivity index (χ0n) is 29.5. The van der Waals surface area contributed by atoms with Gasteiger partial charge in [-0.05, 0) is 75.4 Å². The minimum absolute atomic E-state index is 0.432. The molecule has 3 heterocycles. The lowest BCUT2D eigenvalue weighted by molar-refractivity contribution is -0.148. The van der Waals surface area contributed by atoms with Crippen molar-refractivity contribution in [2.75, 3.05) is 0 Å². The van der Waals surface area contributed by atoms with Crippen LogP contribution < -0.4 is 0 Å². The summed E-state index contributed by atoms with van der Waals surface area (Å²) in [5.41, 5.74) is 3.61. The Hall–Kier alpha value is -5.36. The number of hydrogen-bond acceptors (Lipinski definition) is 9. The lowest BCUT2D eigenvalue weighted by atomic mass is 9.95. The quantitative estimate of drug-likeness (QED) is 0.154. The van der Waals surface area contributed by atoms with Crippen LogP contribution in [0.15, 0.2) is 85.1 Å². The standard InChI is InChI=1S/C32H36N6O.C6H8O5/c1-6-12-29-33-28(32(4,5)39)22-37(29)21-23-17-19-24(20-18-23)26-15-10-11-16-27(26)30-34-36-38(35-30)31(2,3)25-13-8-7-9-14-25;1-6(2)3(4(7)8)10-5(9)11-6/h7-11,13-20,22,39H,6,12,21H2,1-5H3;3H,1-2H3,(H,7,8). The first-order valence-electron chi connectivity index (χ1n) is 16.6. The molecule has 12 heteroatoms. The van der Waals surface area contributed by atoms with Gasteiger partial charge in [-0.1, -0.05) is 85.8 Å². The summed E-state index contributed by atoms with van der Waals surface area (Å²) in [7, 11) is 0. The smallest absolute Gasteiger partial charge is 0.478 e. The van der Waals surface area contributed by atoms with Crippen LogP contribution >= 0.6 is 0 Å². The summed E-state index contributed by atoms with van der Waals surface area (Å²) in [6.45, 7) is 13.5. The van der Waals surface area contributed by atoms with Gasteiger partial charge in [-0.3, -0.25) is 0 Å². The molecule has 0 spiro atoms. The number of tetrazole rings is 1. The molecule has 2 aromatic heterocycles. The van der Waals surface area contributed by atoms with Crippen molar-refractivity contribution in [3.05, 3.63) is 108 Å². The van der Waals surface area contributed by atoms with Crippen LogP contribution in [0.25, 0.3) is 22.5 Å². The lowest BCUT2D eigenvalue weighted by Gasteiger charge is -2.23. The fraction of sp³-hybridized carbons (Fsp3) is 0.368. The molecule has 1 aliphatic heterocycles. The zero-order valence-corrected chi connectivity index (χ0v) is 29.5. The van der Waals surface area contributed by atoms with E-state index in [0.717, 1.165) is 40.9 Å². The number of cyclic esters (lactones) is 2. The van der Waals surface area contributed by atoms with Crippen molar-refractivity contribution in [1.29, 1.82) is 0 Å². The molecular weight excluding hydrogens is 636 g/mol. The van der Waals surface area contributed by atoms with Gasteiger partial charge in [-0.2, -0.15) is 4.80 Å². The van der Waals surface area contributed by atoms with Crippen LogP contribution in [-0.2, 0) is 38.4 Å². The van der Waals surface area contributed by atoms with Gasteiger partial charge in [0, 0.05) is 24.7 Å². The first-order chi connectivity index (χ1) is 23.6. The Labute approximate surface area is 291 Å². The number of benzene rings is 3. The van der Waals surface area contributed by atoms with Gasteiger partial charge in [0.2, 0.25) is 11.9 Å². The molecule has 1 aliphatic rings. The first-order valence-corrected chi connectivity index (χ1v) is 16.6. The number of nitrogens with zero attached hydrogens (tertiary/aromatic N) is 6. The average molecular weight is 681 g/mol. The van der Waals surface area contributed by atoms with Crippen molar-refractivity contribution in [3.63, 3.8) is 0 Å². The molecule has 0 bridgehead atoms. The fourth-order valence-electron chi connectivity index (χ4n) is 5.62. The van der Waals surface area contributed by atoms with Crippen LogP contribution in [0, 0.1) is 0 Å². The normalized spacial score (nSPS) is 15.5. The largest absolute Gasteiger partial charge is 0.509 e. The van der Waals surface area contributed by atoms with E-state index >= 15 is 0 Å². The molecular formula is C38H44N6O6. The van der Waals surface area contributed by atoms with E-state index in [4.69, 9.17) is 15.2 Å². The highest BCUT2D eigenvalue weighted by molar-refractivity contribution is 5.81. The van der Waals surface area contributed by atoms with Gasteiger partial charge >= 0.3 is 12.1 Å². The highest BCUT2D eigenvalue weighted by atomic mass is 16.8. The molecule has 5 aromatic rings. The molecule has 1 atom stereocenters. The summed E-state index contributed by atoms with van der Waals surface area (Å²) in [6, 6.07) is 27.0. The zero-order chi connectivity index (χ0) is 36.3. The number of imidazole rings is 1. The van der Waals surface area contributed by atoms with E-state index in [1.165, 1.54) is 19.4 Å². The highest BCUT2D eigenvalue weighted by Crippen LogP contribution is 2.32. The number of carbonyl (C=O) groups excluding carboxylic acids is 1. The molecule has 3 aromatic carbocycles. The molecule has 6 rings (SSSR count). The van der Waals surface area contributed by atoms with Gasteiger partial charge in [0.1, 0.15) is 17.0 Å². The van der Waals surface area contributed by atoms with Gasteiger partial charge in [0.05, 0.1) is 5.69 Å². The number of aromatic nitrogens is 6. The van der Waals surface area contributed by atoms with Gasteiger partial charge < -0.3 is 24.3 Å². The summed E-state index contributed by atoms with van der Waals surface area (Å²) >= 11 is 0. The molecule has 262 valence electrons. The first kappa shape index (κ1) is 35.9. The molecule has 1 saturated heterocycles. The van der Waals surface area contributed by atoms with Crippen LogP contribution in [0.2, 0.25) is 0 Å². The number of carboxylic acids is 1. The van der Waals surface area contributed by atoms with Gasteiger partial charge in [0.15, 0.2) is 5.60 Å². The maximum Gasteiger partial charge on any atom is 0.509 e. The Morgan fingerprint density at radius 1 is 0.940 bits per heavy atom. The number of aryl methyl sites for hydroxylation is 1. The third-order valence-electron chi connectivity index (χ3n) is 8.56. The third kappa shape index (κ3) is 7.92. The van der Waals surface area contributed by atoms with Crippen LogP contribution in [0.5, 0.6) is 0 Å². The van der Waals surface area contributed by atoms with E-state index in [9.17, 15) is 14.7 Å². The molecule has 0 amide bonds. The minimum Gasteiger partial charge on any atom is -0.478 e. The second kappa shape index (κ2) is 14.2. The third-order valence-corrected chi connectivity index (χ3v) is 8.56. The number of rotatable bonds is 10. The summed E-state index contributed by atoms with van der Waals surface area (Å²) in [5.74, 6) is 0.401. The number of aliphatic hydroxyl groups is 1. The molecule has 1 fully saturated rings. The summed E-state index contributed by atoms with van der Waals surface area (Å²) < 4.78 is 11.1. The van der Waals surface area contributed by atoms with Crippen LogP contribution in [-0.4, -0.2) is 63.8 Å².